The normalized spacial score (nSPS) is 45.1. The molecule has 3 saturated carbocycles. The second-order valence-corrected chi connectivity index (χ2v) is 14.0. The number of hydrogen-bond acceptors (Lipinski definition) is 1. The molecule has 0 aromatic rings. The van der Waals surface area contributed by atoms with Crippen LogP contribution in [0.3, 0.4) is 0 Å². The van der Waals surface area contributed by atoms with Crippen LogP contribution < -0.4 is 0 Å². The van der Waals surface area contributed by atoms with E-state index in [4.69, 9.17) is 0 Å². The van der Waals surface area contributed by atoms with Gasteiger partial charge in [0.15, 0.2) is 0 Å². The lowest BCUT2D eigenvalue weighted by Gasteiger charge is -2.62. The second-order valence-electron chi connectivity index (χ2n) is 14.0. The van der Waals surface area contributed by atoms with Crippen LogP contribution in [0.15, 0.2) is 0 Å². The monoisotopic (exact) mass is 443 g/mol. The van der Waals surface area contributed by atoms with Crippen molar-refractivity contribution in [3.63, 3.8) is 0 Å². The van der Waals surface area contributed by atoms with Crippen LogP contribution >= 0.6 is 0 Å². The Morgan fingerprint density at radius 2 is 1.66 bits per heavy atom. The number of fused-ring (bicyclic) bond motifs is 5. The average molecular weight is 444 g/mol. The molecule has 184 valence electrons. The number of piperidine rings is 1. The SMILES string of the molecule is CC(C)CCC[C@@H](C)[C@H]1C(C(C)C)C[C@H]2[C@@H]3CC[C@H]4N(C)C(=O)CC[C@]4(C)[C@H]3CC[C@]12C. The highest BCUT2D eigenvalue weighted by Gasteiger charge is 2.63. The number of carbonyl (C=O) groups excluding carboxylic acids is 1. The molecule has 1 saturated heterocycles. The third-order valence-electron chi connectivity index (χ3n) is 11.7. The van der Waals surface area contributed by atoms with Gasteiger partial charge in [-0.15, -0.1) is 0 Å². The van der Waals surface area contributed by atoms with Gasteiger partial charge < -0.3 is 4.90 Å². The Bertz CT molecular complexity index is 684. The Morgan fingerprint density at radius 3 is 2.31 bits per heavy atom. The molecule has 0 aromatic carbocycles. The maximum Gasteiger partial charge on any atom is 0.222 e. The minimum absolute atomic E-state index is 0.348. The van der Waals surface area contributed by atoms with E-state index < -0.39 is 0 Å². The van der Waals surface area contributed by atoms with E-state index in [9.17, 15) is 4.79 Å². The van der Waals surface area contributed by atoms with Crippen LogP contribution in [0, 0.1) is 58.2 Å². The first-order chi connectivity index (χ1) is 15.0. The highest BCUT2D eigenvalue weighted by Crippen LogP contribution is 2.69. The molecule has 1 heterocycles. The lowest BCUT2D eigenvalue weighted by molar-refractivity contribution is -0.159. The molecule has 4 rings (SSSR count). The van der Waals surface area contributed by atoms with E-state index >= 15 is 0 Å². The highest BCUT2D eigenvalue weighted by molar-refractivity contribution is 5.77. The maximum atomic E-state index is 12.5. The minimum Gasteiger partial charge on any atom is -0.342 e. The van der Waals surface area contributed by atoms with E-state index in [1.54, 1.807) is 0 Å². The Hall–Kier alpha value is -0.530. The fraction of sp³-hybridized carbons (Fsp3) is 0.967. The molecular formula is C30H53NO. The number of nitrogens with zero attached hydrogens (tertiary/aromatic N) is 1. The number of amides is 1. The van der Waals surface area contributed by atoms with Gasteiger partial charge in [-0.1, -0.05) is 67.7 Å². The lowest BCUT2D eigenvalue weighted by Crippen LogP contribution is -2.61. The van der Waals surface area contributed by atoms with Crippen LogP contribution in [-0.4, -0.2) is 23.9 Å². The molecule has 4 aliphatic rings. The molecule has 1 aliphatic heterocycles. The predicted molar refractivity (Wildman–Crippen MR) is 135 cm³/mol. The van der Waals surface area contributed by atoms with Gasteiger partial charge in [-0.2, -0.15) is 0 Å². The second kappa shape index (κ2) is 8.92. The first-order valence-electron chi connectivity index (χ1n) is 14.3. The van der Waals surface area contributed by atoms with Gasteiger partial charge in [0.25, 0.3) is 0 Å². The third kappa shape index (κ3) is 3.88. The zero-order valence-electron chi connectivity index (χ0n) is 22.6. The lowest BCUT2D eigenvalue weighted by atomic mass is 9.46. The first kappa shape index (κ1) is 24.6. The molecule has 1 amide bonds. The quantitative estimate of drug-likeness (QED) is 0.410. The van der Waals surface area contributed by atoms with Crippen molar-refractivity contribution in [2.45, 2.75) is 119 Å². The molecule has 2 heteroatoms. The topological polar surface area (TPSA) is 20.3 Å². The Kier molecular flexibility index (Phi) is 6.85. The van der Waals surface area contributed by atoms with Crippen molar-refractivity contribution in [3.05, 3.63) is 0 Å². The molecule has 0 N–H and O–H groups in total. The Balaban J connectivity index is 1.58. The summed E-state index contributed by atoms with van der Waals surface area (Å²) in [6.45, 7) is 17.7. The van der Waals surface area contributed by atoms with Crippen molar-refractivity contribution in [2.75, 3.05) is 7.05 Å². The smallest absolute Gasteiger partial charge is 0.222 e. The van der Waals surface area contributed by atoms with Crippen LogP contribution in [0.5, 0.6) is 0 Å². The Morgan fingerprint density at radius 1 is 0.938 bits per heavy atom. The predicted octanol–water partition coefficient (Wildman–Crippen LogP) is 7.81. The van der Waals surface area contributed by atoms with E-state index in [0.717, 1.165) is 60.2 Å². The first-order valence-corrected chi connectivity index (χ1v) is 14.3. The molecule has 9 atom stereocenters. The van der Waals surface area contributed by atoms with Gasteiger partial charge in [-0.25, -0.2) is 0 Å². The van der Waals surface area contributed by atoms with Crippen molar-refractivity contribution in [1.82, 2.24) is 4.90 Å². The molecule has 4 fully saturated rings. The van der Waals surface area contributed by atoms with E-state index in [1.165, 1.54) is 51.4 Å². The Labute approximate surface area is 199 Å². The van der Waals surface area contributed by atoms with Crippen LogP contribution in [0.1, 0.15) is 113 Å². The minimum atomic E-state index is 0.348. The zero-order chi connectivity index (χ0) is 23.4. The molecule has 3 aliphatic carbocycles. The average Bonchev–Trinajstić information content (AvgIpc) is 3.04. The number of likely N-dealkylation sites (tertiary alicyclic amines) is 1. The van der Waals surface area contributed by atoms with Crippen molar-refractivity contribution >= 4 is 5.91 Å². The molecule has 0 aromatic heterocycles. The number of rotatable bonds is 6. The van der Waals surface area contributed by atoms with Crippen LogP contribution in [-0.2, 0) is 4.79 Å². The van der Waals surface area contributed by atoms with Crippen molar-refractivity contribution in [2.24, 2.45) is 58.2 Å². The summed E-state index contributed by atoms with van der Waals surface area (Å²) in [5.74, 6) is 7.33. The summed E-state index contributed by atoms with van der Waals surface area (Å²) in [6.07, 6.45) is 13.1. The zero-order valence-corrected chi connectivity index (χ0v) is 22.6. The summed E-state index contributed by atoms with van der Waals surface area (Å²) >= 11 is 0. The number of hydrogen-bond donors (Lipinski definition) is 0. The summed E-state index contributed by atoms with van der Waals surface area (Å²) in [5.41, 5.74) is 0.883. The number of carbonyl (C=O) groups is 1. The van der Waals surface area contributed by atoms with Gasteiger partial charge in [0.2, 0.25) is 5.91 Å². The highest BCUT2D eigenvalue weighted by atomic mass is 16.2. The fourth-order valence-corrected chi connectivity index (χ4v) is 10.1. The van der Waals surface area contributed by atoms with Crippen LogP contribution in [0.2, 0.25) is 0 Å². The van der Waals surface area contributed by atoms with Crippen molar-refractivity contribution < 1.29 is 4.79 Å². The third-order valence-corrected chi connectivity index (χ3v) is 11.7. The van der Waals surface area contributed by atoms with Gasteiger partial charge in [0.05, 0.1) is 0 Å². The molecule has 0 radical (unpaired) electrons. The standard InChI is InChI=1S/C30H53NO/c1-19(2)10-9-11-21(5)28-23(20(3)4)18-25-22-12-13-26-29(6,17-15-27(32)31(26)8)24(22)14-16-30(25,28)7/h19-26,28H,9-18H2,1-8H3/t21-,22-,23?,24+,25+,26-,28+,29-,30+/m1/s1. The van der Waals surface area contributed by atoms with E-state index in [2.05, 4.69) is 60.4 Å². The van der Waals surface area contributed by atoms with Gasteiger partial charge >= 0.3 is 0 Å². The van der Waals surface area contributed by atoms with Crippen LogP contribution in [0.4, 0.5) is 0 Å². The molecule has 0 bridgehead atoms. The summed E-state index contributed by atoms with van der Waals surface area (Å²) in [5, 5.41) is 0. The summed E-state index contributed by atoms with van der Waals surface area (Å²) in [6, 6.07) is 0.488. The van der Waals surface area contributed by atoms with Gasteiger partial charge in [-0.3, -0.25) is 4.79 Å². The summed E-state index contributed by atoms with van der Waals surface area (Å²) in [7, 11) is 2.09. The van der Waals surface area contributed by atoms with Crippen molar-refractivity contribution in [1.29, 1.82) is 0 Å². The molecular weight excluding hydrogens is 390 g/mol. The molecule has 32 heavy (non-hydrogen) atoms. The summed E-state index contributed by atoms with van der Waals surface area (Å²) in [4.78, 5) is 14.6. The largest absolute Gasteiger partial charge is 0.342 e. The van der Waals surface area contributed by atoms with Gasteiger partial charge in [0, 0.05) is 19.5 Å². The molecule has 0 spiro atoms. The van der Waals surface area contributed by atoms with Crippen LogP contribution in [0.25, 0.3) is 0 Å². The van der Waals surface area contributed by atoms with Gasteiger partial charge in [-0.05, 0) is 96.7 Å². The maximum absolute atomic E-state index is 12.5. The summed E-state index contributed by atoms with van der Waals surface area (Å²) < 4.78 is 0. The molecule has 1 unspecified atom stereocenters. The van der Waals surface area contributed by atoms with Crippen molar-refractivity contribution in [3.8, 4) is 0 Å². The fourth-order valence-electron chi connectivity index (χ4n) is 10.1. The van der Waals surface area contributed by atoms with E-state index in [1.807, 2.05) is 0 Å². The molecule has 2 nitrogen and oxygen atoms in total. The van der Waals surface area contributed by atoms with E-state index in [0.29, 0.717) is 22.8 Å². The van der Waals surface area contributed by atoms with E-state index in [-0.39, 0.29) is 0 Å². The van der Waals surface area contributed by atoms with Gasteiger partial charge in [0.1, 0.15) is 0 Å².